The number of rotatable bonds is 5. The van der Waals surface area contributed by atoms with Crippen LogP contribution in [0.3, 0.4) is 0 Å². The Morgan fingerprint density at radius 2 is 2.00 bits per heavy atom. The Bertz CT molecular complexity index is 456. The molecule has 5 heteroatoms. The summed E-state index contributed by atoms with van der Waals surface area (Å²) in [6, 6.07) is 4.56. The average Bonchev–Trinajstić information content (AvgIpc) is 2.80. The first-order valence-corrected chi connectivity index (χ1v) is 8.10. The van der Waals surface area contributed by atoms with Crippen LogP contribution in [-0.4, -0.2) is 30.9 Å². The molecule has 0 aromatic heterocycles. The van der Waals surface area contributed by atoms with Gasteiger partial charge in [-0.15, -0.1) is 0 Å². The van der Waals surface area contributed by atoms with Gasteiger partial charge in [-0.05, 0) is 45.7 Å². The Morgan fingerprint density at radius 1 is 1.29 bits per heavy atom. The monoisotopic (exact) mass is 359 g/mol. The Hall–Kier alpha value is -0.650. The van der Waals surface area contributed by atoms with Gasteiger partial charge in [-0.1, -0.05) is 15.9 Å². The van der Waals surface area contributed by atoms with Crippen molar-refractivity contribution in [3.8, 4) is 5.75 Å². The van der Waals surface area contributed by atoms with Gasteiger partial charge >= 0.3 is 0 Å². The molecule has 1 aromatic carbocycles. The van der Waals surface area contributed by atoms with Crippen LogP contribution in [-0.2, 0) is 4.74 Å². The standard InChI is InChI=1S/C16H23BrFNO2/c1-16(2,3)19-9-13-4-5-14(21-13)10-20-15-7-11(17)6-12(18)8-15/h6-8,13-14,19H,4-5,9-10H2,1-3H3. The van der Waals surface area contributed by atoms with Crippen molar-refractivity contribution in [1.29, 1.82) is 0 Å². The first kappa shape index (κ1) is 16.7. The lowest BCUT2D eigenvalue weighted by Crippen LogP contribution is -2.41. The lowest BCUT2D eigenvalue weighted by molar-refractivity contribution is 0.0161. The number of ether oxygens (including phenoxy) is 2. The average molecular weight is 360 g/mol. The van der Waals surface area contributed by atoms with Crippen molar-refractivity contribution in [3.05, 3.63) is 28.5 Å². The van der Waals surface area contributed by atoms with E-state index in [1.807, 2.05) is 0 Å². The molecule has 1 aliphatic heterocycles. The number of halogens is 2. The van der Waals surface area contributed by atoms with Gasteiger partial charge in [-0.2, -0.15) is 0 Å². The molecule has 0 spiro atoms. The minimum atomic E-state index is -0.307. The van der Waals surface area contributed by atoms with E-state index in [0.717, 1.165) is 19.4 Å². The lowest BCUT2D eigenvalue weighted by Gasteiger charge is -2.23. The van der Waals surface area contributed by atoms with Crippen LogP contribution in [0.1, 0.15) is 33.6 Å². The Balaban J connectivity index is 1.75. The third kappa shape index (κ3) is 5.93. The summed E-state index contributed by atoms with van der Waals surface area (Å²) in [7, 11) is 0. The second-order valence-electron chi connectivity index (χ2n) is 6.50. The van der Waals surface area contributed by atoms with E-state index in [1.165, 1.54) is 12.1 Å². The highest BCUT2D eigenvalue weighted by Gasteiger charge is 2.26. The van der Waals surface area contributed by atoms with Crippen LogP contribution in [0.25, 0.3) is 0 Å². The van der Waals surface area contributed by atoms with E-state index in [-0.39, 0.29) is 23.6 Å². The van der Waals surface area contributed by atoms with E-state index < -0.39 is 0 Å². The van der Waals surface area contributed by atoms with E-state index in [9.17, 15) is 4.39 Å². The number of hydrogen-bond acceptors (Lipinski definition) is 3. The van der Waals surface area contributed by atoms with Crippen molar-refractivity contribution < 1.29 is 13.9 Å². The van der Waals surface area contributed by atoms with Crippen LogP contribution in [0.4, 0.5) is 4.39 Å². The summed E-state index contributed by atoms with van der Waals surface area (Å²) in [5, 5.41) is 3.45. The van der Waals surface area contributed by atoms with Gasteiger partial charge in [-0.3, -0.25) is 0 Å². The minimum absolute atomic E-state index is 0.0822. The van der Waals surface area contributed by atoms with Gasteiger partial charge in [-0.25, -0.2) is 4.39 Å². The predicted molar refractivity (Wildman–Crippen MR) is 85.2 cm³/mol. The first-order chi connectivity index (χ1) is 9.82. The molecule has 0 amide bonds. The SMILES string of the molecule is CC(C)(C)NCC1CCC(COc2cc(F)cc(Br)c2)O1. The molecule has 21 heavy (non-hydrogen) atoms. The van der Waals surface area contributed by atoms with Gasteiger partial charge < -0.3 is 14.8 Å². The molecule has 2 unspecified atom stereocenters. The zero-order valence-corrected chi connectivity index (χ0v) is 14.4. The highest BCUT2D eigenvalue weighted by molar-refractivity contribution is 9.10. The fourth-order valence-corrected chi connectivity index (χ4v) is 2.72. The summed E-state index contributed by atoms with van der Waals surface area (Å²) in [5.74, 6) is 0.223. The summed E-state index contributed by atoms with van der Waals surface area (Å²) in [5.41, 5.74) is 0.103. The zero-order valence-electron chi connectivity index (χ0n) is 12.8. The Morgan fingerprint density at radius 3 is 2.67 bits per heavy atom. The van der Waals surface area contributed by atoms with Gasteiger partial charge in [0.2, 0.25) is 0 Å². The van der Waals surface area contributed by atoms with Gasteiger partial charge in [0.1, 0.15) is 18.2 Å². The number of nitrogens with one attached hydrogen (secondary N) is 1. The van der Waals surface area contributed by atoms with E-state index >= 15 is 0 Å². The van der Waals surface area contributed by atoms with Crippen LogP contribution in [0.5, 0.6) is 5.75 Å². The molecule has 2 atom stereocenters. The van der Waals surface area contributed by atoms with Crippen LogP contribution < -0.4 is 10.1 Å². The smallest absolute Gasteiger partial charge is 0.128 e. The summed E-state index contributed by atoms with van der Waals surface area (Å²) in [4.78, 5) is 0. The van der Waals surface area contributed by atoms with Gasteiger partial charge in [0.05, 0.1) is 12.2 Å². The molecule has 1 aromatic rings. The molecular weight excluding hydrogens is 337 g/mol. The molecule has 0 bridgehead atoms. The van der Waals surface area contributed by atoms with E-state index in [0.29, 0.717) is 16.8 Å². The van der Waals surface area contributed by atoms with E-state index in [2.05, 4.69) is 42.0 Å². The highest BCUT2D eigenvalue weighted by Crippen LogP contribution is 2.24. The molecule has 1 aliphatic rings. The summed E-state index contributed by atoms with van der Waals surface area (Å²) < 4.78 is 25.5. The third-order valence-electron chi connectivity index (χ3n) is 3.33. The number of hydrogen-bond donors (Lipinski definition) is 1. The normalized spacial score (nSPS) is 22.5. The summed E-state index contributed by atoms with van der Waals surface area (Å²) in [6.45, 7) is 7.74. The maximum atomic E-state index is 13.3. The zero-order chi connectivity index (χ0) is 15.5. The van der Waals surface area contributed by atoms with Crippen molar-refractivity contribution in [1.82, 2.24) is 5.32 Å². The van der Waals surface area contributed by atoms with Gasteiger partial charge in [0, 0.05) is 22.6 Å². The second kappa shape index (κ2) is 7.07. The molecular formula is C16H23BrFNO2. The molecule has 2 rings (SSSR count). The topological polar surface area (TPSA) is 30.5 Å². The number of benzene rings is 1. The maximum absolute atomic E-state index is 13.3. The van der Waals surface area contributed by atoms with Crippen LogP contribution in [0.15, 0.2) is 22.7 Å². The third-order valence-corrected chi connectivity index (χ3v) is 3.79. The van der Waals surface area contributed by atoms with Crippen molar-refractivity contribution >= 4 is 15.9 Å². The van der Waals surface area contributed by atoms with Crippen LogP contribution in [0.2, 0.25) is 0 Å². The van der Waals surface area contributed by atoms with Gasteiger partial charge in [0.25, 0.3) is 0 Å². The van der Waals surface area contributed by atoms with Crippen molar-refractivity contribution in [3.63, 3.8) is 0 Å². The van der Waals surface area contributed by atoms with Crippen molar-refractivity contribution in [2.75, 3.05) is 13.2 Å². The predicted octanol–water partition coefficient (Wildman–Crippen LogP) is 3.90. The first-order valence-electron chi connectivity index (χ1n) is 7.31. The van der Waals surface area contributed by atoms with Crippen LogP contribution >= 0.6 is 15.9 Å². The van der Waals surface area contributed by atoms with Crippen molar-refractivity contribution in [2.45, 2.75) is 51.4 Å². The quantitative estimate of drug-likeness (QED) is 0.864. The second-order valence-corrected chi connectivity index (χ2v) is 7.42. The molecule has 1 N–H and O–H groups in total. The molecule has 1 heterocycles. The molecule has 0 radical (unpaired) electrons. The summed E-state index contributed by atoms with van der Waals surface area (Å²) in [6.07, 6.45) is 2.33. The van der Waals surface area contributed by atoms with Crippen molar-refractivity contribution in [2.24, 2.45) is 0 Å². The molecule has 0 aliphatic carbocycles. The lowest BCUT2D eigenvalue weighted by atomic mass is 10.1. The minimum Gasteiger partial charge on any atom is -0.491 e. The molecule has 3 nitrogen and oxygen atoms in total. The van der Waals surface area contributed by atoms with E-state index in [4.69, 9.17) is 9.47 Å². The summed E-state index contributed by atoms with van der Waals surface area (Å²) >= 11 is 3.26. The molecule has 0 saturated carbocycles. The largest absolute Gasteiger partial charge is 0.491 e. The van der Waals surface area contributed by atoms with Gasteiger partial charge in [0.15, 0.2) is 0 Å². The Kier molecular flexibility index (Phi) is 5.63. The maximum Gasteiger partial charge on any atom is 0.128 e. The fraction of sp³-hybridized carbons (Fsp3) is 0.625. The fourth-order valence-electron chi connectivity index (χ4n) is 2.27. The Labute approximate surface area is 134 Å². The highest BCUT2D eigenvalue weighted by atomic mass is 79.9. The molecule has 1 saturated heterocycles. The molecule has 1 fully saturated rings. The molecule has 118 valence electrons. The van der Waals surface area contributed by atoms with E-state index in [1.54, 1.807) is 6.07 Å². The van der Waals surface area contributed by atoms with Crippen LogP contribution in [0, 0.1) is 5.82 Å².